The monoisotopic (exact) mass is 493 g/mol. The van der Waals surface area contributed by atoms with Crippen molar-refractivity contribution in [3.05, 3.63) is 59.8 Å². The van der Waals surface area contributed by atoms with E-state index >= 15 is 0 Å². The molecule has 0 aliphatic heterocycles. The number of hydrogen-bond donors (Lipinski definition) is 3. The number of benzene rings is 2. The molecule has 1 heterocycles. The van der Waals surface area contributed by atoms with Crippen LogP contribution in [0.25, 0.3) is 11.1 Å². The lowest BCUT2D eigenvalue weighted by Crippen LogP contribution is -2.21. The minimum Gasteiger partial charge on any atom is -0.497 e. The topological polar surface area (TPSA) is 114 Å². The number of alkyl halides is 3. The molecule has 0 aliphatic rings. The zero-order chi connectivity index (χ0) is 26.6. The van der Waals surface area contributed by atoms with Gasteiger partial charge in [0.05, 0.1) is 24.1 Å². The summed E-state index contributed by atoms with van der Waals surface area (Å²) in [5, 5.41) is 24.8. The maximum atomic E-state index is 11.8. The summed E-state index contributed by atoms with van der Waals surface area (Å²) in [6.07, 6.45) is -5.08. The number of aromatic nitrogens is 2. The first-order valence-corrected chi connectivity index (χ1v) is 10.3. The number of ether oxygens (including phenoxy) is 1. The second kappa shape index (κ2) is 10.5. The standard InChI is InChI=1S/C22H25N3O3.C2HF3O2/c1-22(2,3)19-18(14-9-7-6-8-10-14)20(25(4)24-19)23-17-12-11-15(28-5)13-16(17)21(26)27;3-2(4,5)1(6)7/h6-13,23H,1-5H3,(H,26,27);(H,6,7). The Morgan fingerprint density at radius 3 is 2.06 bits per heavy atom. The molecule has 0 bridgehead atoms. The van der Waals surface area contributed by atoms with Crippen LogP contribution < -0.4 is 10.1 Å². The van der Waals surface area contributed by atoms with Gasteiger partial charge in [0.1, 0.15) is 11.6 Å². The molecule has 0 radical (unpaired) electrons. The van der Waals surface area contributed by atoms with Crippen molar-refractivity contribution >= 4 is 23.4 Å². The number of nitrogens with one attached hydrogen (secondary N) is 1. The summed E-state index contributed by atoms with van der Waals surface area (Å²) in [7, 11) is 3.37. The van der Waals surface area contributed by atoms with Crippen molar-refractivity contribution in [2.24, 2.45) is 7.05 Å². The summed E-state index contributed by atoms with van der Waals surface area (Å²) in [4.78, 5) is 20.7. The van der Waals surface area contributed by atoms with Gasteiger partial charge in [0, 0.05) is 18.0 Å². The van der Waals surface area contributed by atoms with Crippen molar-refractivity contribution in [3.8, 4) is 16.9 Å². The Hall–Kier alpha value is -4.02. The van der Waals surface area contributed by atoms with Crippen molar-refractivity contribution in [1.29, 1.82) is 0 Å². The lowest BCUT2D eigenvalue weighted by molar-refractivity contribution is -0.192. The third-order valence-corrected chi connectivity index (χ3v) is 4.77. The lowest BCUT2D eigenvalue weighted by Gasteiger charge is -2.18. The van der Waals surface area contributed by atoms with Gasteiger partial charge >= 0.3 is 18.1 Å². The van der Waals surface area contributed by atoms with Crippen LogP contribution in [-0.4, -0.2) is 45.2 Å². The largest absolute Gasteiger partial charge is 0.497 e. The van der Waals surface area contributed by atoms with Crippen LogP contribution in [0.1, 0.15) is 36.8 Å². The first kappa shape index (κ1) is 27.2. The predicted octanol–water partition coefficient (Wildman–Crippen LogP) is 5.47. The summed E-state index contributed by atoms with van der Waals surface area (Å²) >= 11 is 0. The molecule has 0 saturated heterocycles. The van der Waals surface area contributed by atoms with Gasteiger partial charge in [-0.25, -0.2) is 9.59 Å². The van der Waals surface area contributed by atoms with E-state index in [1.165, 1.54) is 13.2 Å². The number of methoxy groups -OCH3 is 1. The van der Waals surface area contributed by atoms with Gasteiger partial charge in [-0.3, -0.25) is 4.68 Å². The van der Waals surface area contributed by atoms with E-state index in [4.69, 9.17) is 19.7 Å². The van der Waals surface area contributed by atoms with Crippen LogP contribution in [0, 0.1) is 0 Å². The number of aryl methyl sites for hydroxylation is 1. The summed E-state index contributed by atoms with van der Waals surface area (Å²) in [6.45, 7) is 6.34. The average Bonchev–Trinajstić information content (AvgIpc) is 3.10. The molecule has 188 valence electrons. The molecule has 8 nitrogen and oxygen atoms in total. The van der Waals surface area contributed by atoms with Gasteiger partial charge in [0.2, 0.25) is 0 Å². The fourth-order valence-electron chi connectivity index (χ4n) is 3.13. The molecule has 0 amide bonds. The minimum absolute atomic E-state index is 0.136. The second-order valence-corrected chi connectivity index (χ2v) is 8.46. The van der Waals surface area contributed by atoms with Crippen molar-refractivity contribution in [2.45, 2.75) is 32.4 Å². The van der Waals surface area contributed by atoms with Crippen LogP contribution in [0.15, 0.2) is 48.5 Å². The average molecular weight is 493 g/mol. The van der Waals surface area contributed by atoms with E-state index in [0.717, 1.165) is 22.6 Å². The van der Waals surface area contributed by atoms with Gasteiger partial charge < -0.3 is 20.3 Å². The summed E-state index contributed by atoms with van der Waals surface area (Å²) < 4.78 is 38.7. The highest BCUT2D eigenvalue weighted by Crippen LogP contribution is 2.39. The van der Waals surface area contributed by atoms with E-state index in [2.05, 4.69) is 26.1 Å². The van der Waals surface area contributed by atoms with Gasteiger partial charge in [-0.1, -0.05) is 51.1 Å². The Bertz CT molecular complexity index is 1200. The normalized spacial score (nSPS) is 11.3. The van der Waals surface area contributed by atoms with E-state index < -0.39 is 18.1 Å². The molecular formula is C24H26F3N3O5. The Morgan fingerprint density at radius 2 is 1.60 bits per heavy atom. The number of anilines is 2. The fraction of sp³-hybridized carbons (Fsp3) is 0.292. The van der Waals surface area contributed by atoms with Crippen molar-refractivity contribution in [1.82, 2.24) is 9.78 Å². The predicted molar refractivity (Wildman–Crippen MR) is 124 cm³/mol. The molecule has 0 spiro atoms. The van der Waals surface area contributed by atoms with E-state index in [0.29, 0.717) is 11.4 Å². The third kappa shape index (κ3) is 6.75. The molecule has 0 unspecified atom stereocenters. The quantitative estimate of drug-likeness (QED) is 0.432. The Morgan fingerprint density at radius 1 is 1.03 bits per heavy atom. The third-order valence-electron chi connectivity index (χ3n) is 4.77. The number of rotatable bonds is 5. The van der Waals surface area contributed by atoms with E-state index in [1.807, 2.05) is 37.4 Å². The number of carboxylic acids is 2. The number of carbonyl (C=O) groups is 2. The minimum atomic E-state index is -5.08. The maximum absolute atomic E-state index is 11.8. The number of aromatic carboxylic acids is 1. The molecule has 3 aromatic rings. The van der Waals surface area contributed by atoms with E-state index in [1.54, 1.807) is 16.8 Å². The van der Waals surface area contributed by atoms with Crippen LogP contribution >= 0.6 is 0 Å². The molecule has 11 heteroatoms. The smallest absolute Gasteiger partial charge is 0.490 e. The molecule has 3 N–H and O–H groups in total. The van der Waals surface area contributed by atoms with Crippen LogP contribution in [-0.2, 0) is 17.3 Å². The van der Waals surface area contributed by atoms with Crippen molar-refractivity contribution in [2.75, 3.05) is 12.4 Å². The van der Waals surface area contributed by atoms with Crippen LogP contribution in [0.2, 0.25) is 0 Å². The number of hydrogen-bond acceptors (Lipinski definition) is 5. The Balaban J connectivity index is 0.000000540. The maximum Gasteiger partial charge on any atom is 0.490 e. The highest BCUT2D eigenvalue weighted by Gasteiger charge is 2.38. The molecule has 0 aliphatic carbocycles. The second-order valence-electron chi connectivity index (χ2n) is 8.46. The first-order valence-electron chi connectivity index (χ1n) is 10.3. The fourth-order valence-corrected chi connectivity index (χ4v) is 3.13. The highest BCUT2D eigenvalue weighted by molar-refractivity contribution is 5.96. The first-order chi connectivity index (χ1) is 16.2. The van der Waals surface area contributed by atoms with Crippen LogP contribution in [0.5, 0.6) is 5.75 Å². The SMILES string of the molecule is COc1ccc(Nc2c(-c3ccccc3)c(C(C)(C)C)nn2C)c(C(=O)O)c1.O=C(O)C(F)(F)F. The lowest BCUT2D eigenvalue weighted by atomic mass is 9.87. The van der Waals surface area contributed by atoms with Gasteiger partial charge in [0.25, 0.3) is 0 Å². The zero-order valence-electron chi connectivity index (χ0n) is 19.8. The Kier molecular flexibility index (Phi) is 8.16. The molecule has 3 rings (SSSR count). The molecule has 0 atom stereocenters. The number of nitrogens with zero attached hydrogens (tertiary/aromatic N) is 2. The molecule has 0 saturated carbocycles. The van der Waals surface area contributed by atoms with Gasteiger partial charge in [0.15, 0.2) is 0 Å². The highest BCUT2D eigenvalue weighted by atomic mass is 19.4. The zero-order valence-corrected chi connectivity index (χ0v) is 19.8. The van der Waals surface area contributed by atoms with Crippen molar-refractivity contribution in [3.63, 3.8) is 0 Å². The van der Waals surface area contributed by atoms with Gasteiger partial charge in [-0.2, -0.15) is 18.3 Å². The summed E-state index contributed by atoms with van der Waals surface area (Å²) in [5.74, 6) is -2.55. The van der Waals surface area contributed by atoms with Crippen LogP contribution in [0.3, 0.4) is 0 Å². The number of carboxylic acid groups (broad SMARTS) is 2. The molecular weight excluding hydrogens is 467 g/mol. The molecule has 0 fully saturated rings. The number of halogens is 3. The van der Waals surface area contributed by atoms with Crippen LogP contribution in [0.4, 0.5) is 24.7 Å². The molecule has 2 aromatic carbocycles. The van der Waals surface area contributed by atoms with E-state index in [-0.39, 0.29) is 11.0 Å². The van der Waals surface area contributed by atoms with Gasteiger partial charge in [-0.05, 0) is 23.8 Å². The Labute approximate surface area is 200 Å². The van der Waals surface area contributed by atoms with Gasteiger partial charge in [-0.15, -0.1) is 0 Å². The molecule has 1 aromatic heterocycles. The van der Waals surface area contributed by atoms with Crippen molar-refractivity contribution < 1.29 is 37.7 Å². The number of aliphatic carboxylic acids is 1. The molecule has 35 heavy (non-hydrogen) atoms. The summed E-state index contributed by atoms with van der Waals surface area (Å²) in [6, 6.07) is 14.9. The van der Waals surface area contributed by atoms with E-state index in [9.17, 15) is 23.1 Å². The summed E-state index contributed by atoms with van der Waals surface area (Å²) in [5.41, 5.74) is 3.36.